The van der Waals surface area contributed by atoms with Crippen LogP contribution in [0.4, 0.5) is 0 Å². The van der Waals surface area contributed by atoms with Crippen LogP contribution < -0.4 is 0 Å². The van der Waals surface area contributed by atoms with Crippen molar-refractivity contribution in [3.8, 4) is 0 Å². The lowest BCUT2D eigenvalue weighted by Gasteiger charge is -2.40. The average Bonchev–Trinajstić information content (AvgIpc) is 2.43. The summed E-state index contributed by atoms with van der Waals surface area (Å²) in [5, 5.41) is 0. The fourth-order valence-electron chi connectivity index (χ4n) is 4.25. The molecule has 0 unspecified atom stereocenters. The molecule has 86 valence electrons. The SMILES string of the molecule is C=C1CCC[C@]2(C)CC[C@@H](CC(C)C)[C@H]12. The summed E-state index contributed by atoms with van der Waals surface area (Å²) < 4.78 is 0. The maximum absolute atomic E-state index is 4.36. The van der Waals surface area contributed by atoms with Crippen molar-refractivity contribution >= 4 is 0 Å². The first kappa shape index (κ1) is 11.2. The summed E-state index contributed by atoms with van der Waals surface area (Å²) in [6.07, 6.45) is 8.46. The van der Waals surface area contributed by atoms with Crippen molar-refractivity contribution in [2.24, 2.45) is 23.2 Å². The van der Waals surface area contributed by atoms with Crippen LogP contribution in [0.2, 0.25) is 0 Å². The van der Waals surface area contributed by atoms with Gasteiger partial charge in [-0.15, -0.1) is 0 Å². The van der Waals surface area contributed by atoms with Gasteiger partial charge in [0.05, 0.1) is 0 Å². The molecule has 2 aliphatic rings. The van der Waals surface area contributed by atoms with Crippen LogP contribution in [0.1, 0.15) is 59.3 Å². The van der Waals surface area contributed by atoms with Crippen LogP contribution in [-0.4, -0.2) is 0 Å². The van der Waals surface area contributed by atoms with Crippen molar-refractivity contribution in [2.45, 2.75) is 59.3 Å². The van der Waals surface area contributed by atoms with E-state index in [1.54, 1.807) is 5.57 Å². The topological polar surface area (TPSA) is 0 Å². The summed E-state index contributed by atoms with van der Waals surface area (Å²) in [6, 6.07) is 0. The molecule has 0 aliphatic heterocycles. The van der Waals surface area contributed by atoms with Crippen molar-refractivity contribution in [3.05, 3.63) is 12.2 Å². The number of allylic oxidation sites excluding steroid dienone is 1. The summed E-state index contributed by atoms with van der Waals surface area (Å²) in [5.74, 6) is 2.66. The maximum atomic E-state index is 4.36. The van der Waals surface area contributed by atoms with Crippen molar-refractivity contribution in [1.29, 1.82) is 0 Å². The molecule has 2 fully saturated rings. The van der Waals surface area contributed by atoms with Crippen LogP contribution >= 0.6 is 0 Å². The van der Waals surface area contributed by atoms with Gasteiger partial charge in [-0.05, 0) is 61.7 Å². The molecule has 2 aliphatic carbocycles. The van der Waals surface area contributed by atoms with E-state index in [9.17, 15) is 0 Å². The predicted octanol–water partition coefficient (Wildman–Crippen LogP) is 4.81. The van der Waals surface area contributed by atoms with Gasteiger partial charge in [0.15, 0.2) is 0 Å². The highest BCUT2D eigenvalue weighted by Crippen LogP contribution is 2.57. The van der Waals surface area contributed by atoms with E-state index in [1.165, 1.54) is 38.5 Å². The number of fused-ring (bicyclic) bond motifs is 1. The standard InChI is InChI=1S/C15H26/c1-11(2)10-13-7-9-15(4)8-5-6-12(3)14(13)15/h11,13-14H,3,5-10H2,1-2,4H3/t13-,14-,15+/m0/s1. The van der Waals surface area contributed by atoms with Gasteiger partial charge in [-0.1, -0.05) is 32.9 Å². The minimum Gasteiger partial charge on any atom is -0.0996 e. The summed E-state index contributed by atoms with van der Waals surface area (Å²) in [4.78, 5) is 0. The quantitative estimate of drug-likeness (QED) is 0.569. The zero-order valence-electron chi connectivity index (χ0n) is 10.7. The van der Waals surface area contributed by atoms with E-state index in [-0.39, 0.29) is 0 Å². The Bertz CT molecular complexity index is 251. The first-order valence-corrected chi connectivity index (χ1v) is 6.70. The van der Waals surface area contributed by atoms with Gasteiger partial charge < -0.3 is 0 Å². The molecule has 3 atom stereocenters. The third-order valence-electron chi connectivity index (χ3n) is 4.77. The van der Waals surface area contributed by atoms with Gasteiger partial charge in [0.1, 0.15) is 0 Å². The molecule has 0 amide bonds. The molecule has 0 aromatic heterocycles. The van der Waals surface area contributed by atoms with Crippen LogP contribution in [-0.2, 0) is 0 Å². The Hall–Kier alpha value is -0.260. The van der Waals surface area contributed by atoms with Crippen molar-refractivity contribution in [2.75, 3.05) is 0 Å². The van der Waals surface area contributed by atoms with Crippen LogP contribution in [0.3, 0.4) is 0 Å². The molecule has 15 heavy (non-hydrogen) atoms. The van der Waals surface area contributed by atoms with Gasteiger partial charge in [-0.25, -0.2) is 0 Å². The molecule has 0 bridgehead atoms. The molecular weight excluding hydrogens is 180 g/mol. The van der Waals surface area contributed by atoms with Gasteiger partial charge in [0.2, 0.25) is 0 Å². The van der Waals surface area contributed by atoms with E-state index in [1.807, 2.05) is 0 Å². The molecule has 0 radical (unpaired) electrons. The van der Waals surface area contributed by atoms with E-state index in [2.05, 4.69) is 27.4 Å². The second-order valence-corrected chi connectivity index (χ2v) is 6.57. The van der Waals surface area contributed by atoms with Crippen molar-refractivity contribution < 1.29 is 0 Å². The Balaban J connectivity index is 2.13. The Morgan fingerprint density at radius 3 is 2.80 bits per heavy atom. The molecule has 2 rings (SSSR count). The second-order valence-electron chi connectivity index (χ2n) is 6.57. The van der Waals surface area contributed by atoms with Crippen molar-refractivity contribution in [3.63, 3.8) is 0 Å². The first-order valence-electron chi connectivity index (χ1n) is 6.70. The minimum atomic E-state index is 0.620. The fraction of sp³-hybridized carbons (Fsp3) is 0.867. The van der Waals surface area contributed by atoms with E-state index in [0.717, 1.165) is 17.8 Å². The molecule has 0 N–H and O–H groups in total. The van der Waals surface area contributed by atoms with E-state index >= 15 is 0 Å². The van der Waals surface area contributed by atoms with Gasteiger partial charge in [0, 0.05) is 0 Å². The Labute approximate surface area is 95.1 Å². The number of hydrogen-bond donors (Lipinski definition) is 0. The Morgan fingerprint density at radius 1 is 1.40 bits per heavy atom. The number of rotatable bonds is 2. The zero-order chi connectivity index (χ0) is 11.1. The van der Waals surface area contributed by atoms with Crippen molar-refractivity contribution in [1.82, 2.24) is 0 Å². The molecule has 0 heterocycles. The fourth-order valence-corrected chi connectivity index (χ4v) is 4.25. The van der Waals surface area contributed by atoms with Gasteiger partial charge in [-0.2, -0.15) is 0 Å². The zero-order valence-corrected chi connectivity index (χ0v) is 10.7. The minimum absolute atomic E-state index is 0.620. The molecule has 0 spiro atoms. The third kappa shape index (κ3) is 2.00. The van der Waals surface area contributed by atoms with E-state index in [0.29, 0.717) is 5.41 Å². The third-order valence-corrected chi connectivity index (χ3v) is 4.77. The lowest BCUT2D eigenvalue weighted by Crippen LogP contribution is -2.31. The highest BCUT2D eigenvalue weighted by Gasteiger charge is 2.47. The van der Waals surface area contributed by atoms with Crippen LogP contribution in [0, 0.1) is 23.2 Å². The van der Waals surface area contributed by atoms with Crippen LogP contribution in [0.5, 0.6) is 0 Å². The van der Waals surface area contributed by atoms with E-state index in [4.69, 9.17) is 0 Å². The molecule has 2 saturated carbocycles. The normalized spacial score (nSPS) is 40.9. The van der Waals surface area contributed by atoms with Crippen LogP contribution in [0.15, 0.2) is 12.2 Å². The second kappa shape index (κ2) is 3.96. The Morgan fingerprint density at radius 2 is 2.13 bits per heavy atom. The summed E-state index contributed by atoms with van der Waals surface area (Å²) in [7, 11) is 0. The summed E-state index contributed by atoms with van der Waals surface area (Å²) in [5.41, 5.74) is 2.20. The average molecular weight is 206 g/mol. The smallest absolute Gasteiger partial charge is 0.0123 e. The molecule has 0 aromatic rings. The summed E-state index contributed by atoms with van der Waals surface area (Å²) in [6.45, 7) is 11.6. The molecule has 0 aromatic carbocycles. The predicted molar refractivity (Wildman–Crippen MR) is 66.8 cm³/mol. The van der Waals surface area contributed by atoms with Gasteiger partial charge in [-0.3, -0.25) is 0 Å². The van der Waals surface area contributed by atoms with Crippen LogP contribution in [0.25, 0.3) is 0 Å². The lowest BCUT2D eigenvalue weighted by atomic mass is 9.65. The molecular formula is C15H26. The highest BCUT2D eigenvalue weighted by molar-refractivity contribution is 5.15. The number of hydrogen-bond acceptors (Lipinski definition) is 0. The lowest BCUT2D eigenvalue weighted by molar-refractivity contribution is 0.166. The first-order chi connectivity index (χ1) is 7.03. The maximum Gasteiger partial charge on any atom is -0.0123 e. The highest BCUT2D eigenvalue weighted by atomic mass is 14.5. The van der Waals surface area contributed by atoms with E-state index < -0.39 is 0 Å². The van der Waals surface area contributed by atoms with Gasteiger partial charge in [0.25, 0.3) is 0 Å². The molecule has 0 nitrogen and oxygen atoms in total. The summed E-state index contributed by atoms with van der Waals surface area (Å²) >= 11 is 0. The largest absolute Gasteiger partial charge is 0.0996 e. The van der Waals surface area contributed by atoms with Gasteiger partial charge >= 0.3 is 0 Å². The molecule has 0 heteroatoms. The monoisotopic (exact) mass is 206 g/mol. The Kier molecular flexibility index (Phi) is 2.96. The molecule has 0 saturated heterocycles.